The lowest BCUT2D eigenvalue weighted by Gasteiger charge is -2.32. The van der Waals surface area contributed by atoms with Crippen LogP contribution in [0.25, 0.3) is 0 Å². The van der Waals surface area contributed by atoms with Gasteiger partial charge in [0.1, 0.15) is 0 Å². The molecule has 3 heteroatoms. The monoisotopic (exact) mass is 245 g/mol. The molecule has 1 aromatic rings. The predicted molar refractivity (Wildman–Crippen MR) is 75.2 cm³/mol. The van der Waals surface area contributed by atoms with Crippen LogP contribution in [-0.2, 0) is 13.1 Å². The highest BCUT2D eigenvalue weighted by molar-refractivity contribution is 5.46. The number of piperidine rings is 1. The number of rotatable bonds is 2. The molecular formula is C15H23N3. The molecule has 0 spiro atoms. The van der Waals surface area contributed by atoms with Crippen molar-refractivity contribution in [3.05, 3.63) is 29.3 Å². The van der Waals surface area contributed by atoms with Crippen molar-refractivity contribution in [2.45, 2.75) is 25.9 Å². The number of hydrogen-bond acceptors (Lipinski definition) is 3. The van der Waals surface area contributed by atoms with Crippen LogP contribution in [0.1, 0.15) is 24.0 Å². The molecule has 2 aliphatic heterocycles. The number of hydrogen-bond donors (Lipinski definition) is 1. The third-order valence-corrected chi connectivity index (χ3v) is 4.26. The van der Waals surface area contributed by atoms with Gasteiger partial charge in [-0.3, -0.25) is 4.90 Å². The highest BCUT2D eigenvalue weighted by Gasteiger charge is 2.24. The molecule has 2 N–H and O–H groups in total. The fourth-order valence-corrected chi connectivity index (χ4v) is 3.40. The van der Waals surface area contributed by atoms with E-state index < -0.39 is 0 Å². The Morgan fingerprint density at radius 1 is 1.28 bits per heavy atom. The van der Waals surface area contributed by atoms with Crippen molar-refractivity contribution in [2.24, 2.45) is 5.92 Å². The Hall–Kier alpha value is -1.06. The maximum absolute atomic E-state index is 5.85. The van der Waals surface area contributed by atoms with Crippen molar-refractivity contribution in [1.82, 2.24) is 9.80 Å². The third-order valence-electron chi connectivity index (χ3n) is 4.26. The number of benzene rings is 1. The maximum Gasteiger partial charge on any atom is 0.0317 e. The van der Waals surface area contributed by atoms with Gasteiger partial charge in [-0.05, 0) is 55.6 Å². The number of likely N-dealkylation sites (tertiary alicyclic amines) is 1. The minimum absolute atomic E-state index is 0.843. The smallest absolute Gasteiger partial charge is 0.0317 e. The second-order valence-electron chi connectivity index (χ2n) is 5.97. The quantitative estimate of drug-likeness (QED) is 0.808. The Morgan fingerprint density at radius 2 is 2.11 bits per heavy atom. The Bertz CT molecular complexity index is 430. The van der Waals surface area contributed by atoms with Crippen molar-refractivity contribution in [2.75, 3.05) is 32.4 Å². The Kier molecular flexibility index (Phi) is 3.27. The fraction of sp³-hybridized carbons (Fsp3) is 0.600. The van der Waals surface area contributed by atoms with Crippen LogP contribution in [0, 0.1) is 5.92 Å². The fourth-order valence-electron chi connectivity index (χ4n) is 3.40. The molecule has 98 valence electrons. The summed E-state index contributed by atoms with van der Waals surface area (Å²) in [5.74, 6) is 0.843. The van der Waals surface area contributed by atoms with E-state index in [1.807, 2.05) is 6.07 Å². The van der Waals surface area contributed by atoms with E-state index in [1.54, 1.807) is 0 Å². The molecule has 0 aliphatic carbocycles. The molecule has 3 nitrogen and oxygen atoms in total. The van der Waals surface area contributed by atoms with E-state index in [0.717, 1.165) is 24.7 Å². The van der Waals surface area contributed by atoms with Crippen LogP contribution in [0.3, 0.4) is 0 Å². The lowest BCUT2D eigenvalue weighted by atomic mass is 9.98. The van der Waals surface area contributed by atoms with Gasteiger partial charge in [0.25, 0.3) is 0 Å². The molecule has 0 radical (unpaired) electrons. The van der Waals surface area contributed by atoms with Gasteiger partial charge >= 0.3 is 0 Å². The highest BCUT2D eigenvalue weighted by Crippen LogP contribution is 2.27. The van der Waals surface area contributed by atoms with Gasteiger partial charge in [-0.1, -0.05) is 6.07 Å². The van der Waals surface area contributed by atoms with Crippen molar-refractivity contribution in [1.29, 1.82) is 0 Å². The molecular weight excluding hydrogens is 222 g/mol. The predicted octanol–water partition coefficient (Wildman–Crippen LogP) is 1.93. The van der Waals surface area contributed by atoms with Crippen LogP contribution in [0.2, 0.25) is 0 Å². The zero-order chi connectivity index (χ0) is 12.5. The summed E-state index contributed by atoms with van der Waals surface area (Å²) in [4.78, 5) is 5.04. The molecule has 18 heavy (non-hydrogen) atoms. The van der Waals surface area contributed by atoms with E-state index >= 15 is 0 Å². The van der Waals surface area contributed by atoms with E-state index in [-0.39, 0.29) is 0 Å². The summed E-state index contributed by atoms with van der Waals surface area (Å²) in [6.45, 7) is 5.96. The average Bonchev–Trinajstić information content (AvgIpc) is 2.70. The summed E-state index contributed by atoms with van der Waals surface area (Å²) in [5.41, 5.74) is 9.65. The summed E-state index contributed by atoms with van der Waals surface area (Å²) >= 11 is 0. The summed E-state index contributed by atoms with van der Waals surface area (Å²) in [7, 11) is 2.24. The molecule has 2 aliphatic rings. The lowest BCUT2D eigenvalue weighted by molar-refractivity contribution is 0.151. The van der Waals surface area contributed by atoms with Gasteiger partial charge in [0.05, 0.1) is 0 Å². The van der Waals surface area contributed by atoms with Gasteiger partial charge in [-0.25, -0.2) is 0 Å². The van der Waals surface area contributed by atoms with Gasteiger partial charge in [0.15, 0.2) is 0 Å². The van der Waals surface area contributed by atoms with Crippen LogP contribution >= 0.6 is 0 Å². The summed E-state index contributed by atoms with van der Waals surface area (Å²) in [6.07, 6.45) is 2.74. The van der Waals surface area contributed by atoms with E-state index in [1.165, 1.54) is 43.6 Å². The second-order valence-corrected chi connectivity index (χ2v) is 5.97. The molecule has 0 amide bonds. The number of nitrogens with two attached hydrogens (primary N) is 1. The van der Waals surface area contributed by atoms with E-state index in [9.17, 15) is 0 Å². The second kappa shape index (κ2) is 4.90. The summed E-state index contributed by atoms with van der Waals surface area (Å²) in [6, 6.07) is 6.36. The number of nitrogens with zero attached hydrogens (tertiary/aromatic N) is 2. The number of fused-ring (bicyclic) bond motifs is 1. The van der Waals surface area contributed by atoms with Crippen LogP contribution in [-0.4, -0.2) is 36.5 Å². The van der Waals surface area contributed by atoms with Crippen LogP contribution in [0.15, 0.2) is 18.2 Å². The maximum atomic E-state index is 5.85. The molecule has 0 saturated carbocycles. The largest absolute Gasteiger partial charge is 0.399 e. The Morgan fingerprint density at radius 3 is 2.94 bits per heavy atom. The van der Waals surface area contributed by atoms with Gasteiger partial charge in [-0.15, -0.1) is 0 Å². The molecule has 0 aromatic heterocycles. The van der Waals surface area contributed by atoms with Crippen LogP contribution in [0.4, 0.5) is 5.69 Å². The van der Waals surface area contributed by atoms with Crippen molar-refractivity contribution in [3.8, 4) is 0 Å². The zero-order valence-corrected chi connectivity index (χ0v) is 11.2. The number of nitrogen functional groups attached to an aromatic ring is 1. The zero-order valence-electron chi connectivity index (χ0n) is 11.2. The average molecular weight is 245 g/mol. The number of anilines is 1. The molecule has 1 aromatic carbocycles. The molecule has 2 heterocycles. The SMILES string of the molecule is CN1CCCC(CN2Cc3ccc(N)cc3C2)C1. The standard InChI is InChI=1S/C15H23N3/c1-17-6-2-3-12(8-17)9-18-10-13-4-5-15(16)7-14(13)11-18/h4-5,7,12H,2-3,6,8-11,16H2,1H3. The topological polar surface area (TPSA) is 32.5 Å². The Balaban J connectivity index is 1.60. The third kappa shape index (κ3) is 2.52. The lowest BCUT2D eigenvalue weighted by Crippen LogP contribution is -2.37. The van der Waals surface area contributed by atoms with E-state index in [4.69, 9.17) is 5.73 Å². The van der Waals surface area contributed by atoms with Crippen LogP contribution in [0.5, 0.6) is 0 Å². The summed E-state index contributed by atoms with van der Waals surface area (Å²) in [5, 5.41) is 0. The first kappa shape index (κ1) is 12.0. The highest BCUT2D eigenvalue weighted by atomic mass is 15.2. The van der Waals surface area contributed by atoms with Crippen molar-refractivity contribution in [3.63, 3.8) is 0 Å². The molecule has 1 unspecified atom stereocenters. The van der Waals surface area contributed by atoms with Crippen LogP contribution < -0.4 is 5.73 Å². The first-order valence-electron chi connectivity index (χ1n) is 6.99. The molecule has 1 fully saturated rings. The molecule has 1 saturated heterocycles. The minimum atomic E-state index is 0.843. The van der Waals surface area contributed by atoms with E-state index in [0.29, 0.717) is 0 Å². The molecule has 0 bridgehead atoms. The van der Waals surface area contributed by atoms with Gasteiger partial charge in [-0.2, -0.15) is 0 Å². The molecule has 3 rings (SSSR count). The minimum Gasteiger partial charge on any atom is -0.399 e. The first-order valence-corrected chi connectivity index (χ1v) is 6.99. The molecule has 1 atom stereocenters. The normalized spacial score (nSPS) is 25.3. The van der Waals surface area contributed by atoms with Gasteiger partial charge in [0, 0.05) is 31.9 Å². The van der Waals surface area contributed by atoms with Crippen molar-refractivity contribution >= 4 is 5.69 Å². The van der Waals surface area contributed by atoms with Gasteiger partial charge < -0.3 is 10.6 Å². The summed E-state index contributed by atoms with van der Waals surface area (Å²) < 4.78 is 0. The van der Waals surface area contributed by atoms with E-state index in [2.05, 4.69) is 29.0 Å². The van der Waals surface area contributed by atoms with Gasteiger partial charge in [0.2, 0.25) is 0 Å². The van der Waals surface area contributed by atoms with Crippen molar-refractivity contribution < 1.29 is 0 Å². The Labute approximate surface area is 110 Å². The first-order chi connectivity index (χ1) is 8.70.